The predicted octanol–water partition coefficient (Wildman–Crippen LogP) is 7.55. The quantitative estimate of drug-likeness (QED) is 0.230. The van der Waals surface area contributed by atoms with Crippen molar-refractivity contribution >= 4 is 24.4 Å². The fourth-order valence-electron chi connectivity index (χ4n) is 5.98. The molecule has 0 saturated carbocycles. The Kier molecular flexibility index (Phi) is 14.7. The van der Waals surface area contributed by atoms with Gasteiger partial charge < -0.3 is 38.5 Å². The van der Waals surface area contributed by atoms with Gasteiger partial charge in [-0.05, 0) is 112 Å². The van der Waals surface area contributed by atoms with Crippen LogP contribution in [0.15, 0.2) is 30.3 Å². The molecule has 0 aromatic heterocycles. The van der Waals surface area contributed by atoms with Crippen molar-refractivity contribution in [2.24, 2.45) is 11.8 Å². The third kappa shape index (κ3) is 15.0. The number of carbonyl (C=O) groups is 4. The van der Waals surface area contributed by atoms with E-state index in [-0.39, 0.29) is 42.8 Å². The van der Waals surface area contributed by atoms with Gasteiger partial charge in [-0.2, -0.15) is 0 Å². The molecule has 1 aromatic carbocycles. The van der Waals surface area contributed by atoms with E-state index >= 15 is 0 Å². The number of hydrogen-bond acceptors (Lipinski definition) is 8. The van der Waals surface area contributed by atoms with Crippen molar-refractivity contribution in [1.82, 2.24) is 19.6 Å². The summed E-state index contributed by atoms with van der Waals surface area (Å²) in [6, 6.07) is 9.61. The summed E-state index contributed by atoms with van der Waals surface area (Å²) < 4.78 is 22.6. The van der Waals surface area contributed by atoms with Crippen molar-refractivity contribution in [2.75, 3.05) is 52.4 Å². The van der Waals surface area contributed by atoms with E-state index in [0.717, 1.165) is 31.2 Å². The van der Waals surface area contributed by atoms with Crippen molar-refractivity contribution < 1.29 is 38.1 Å². The Labute approximate surface area is 299 Å². The molecule has 3 rings (SSSR count). The van der Waals surface area contributed by atoms with Crippen LogP contribution in [0.1, 0.15) is 100.0 Å². The first-order valence-corrected chi connectivity index (χ1v) is 18.2. The van der Waals surface area contributed by atoms with E-state index in [1.807, 2.05) is 92.6 Å². The third-order valence-corrected chi connectivity index (χ3v) is 8.46. The summed E-state index contributed by atoms with van der Waals surface area (Å²) >= 11 is 0. The van der Waals surface area contributed by atoms with Crippen molar-refractivity contribution in [2.45, 2.75) is 118 Å². The molecule has 4 amide bonds. The van der Waals surface area contributed by atoms with Crippen molar-refractivity contribution in [3.8, 4) is 0 Å². The molecule has 2 aliphatic rings. The summed E-state index contributed by atoms with van der Waals surface area (Å²) in [6.45, 7) is 21.0. The molecule has 12 heteroatoms. The van der Waals surface area contributed by atoms with E-state index in [1.54, 1.807) is 19.6 Å². The number of benzene rings is 1. The molecule has 2 saturated heterocycles. The zero-order valence-electron chi connectivity index (χ0n) is 32.0. The molecule has 2 heterocycles. The highest BCUT2D eigenvalue weighted by Gasteiger charge is 2.32. The molecule has 0 unspecified atom stereocenters. The molecule has 50 heavy (non-hydrogen) atoms. The van der Waals surface area contributed by atoms with E-state index in [0.29, 0.717) is 58.8 Å². The van der Waals surface area contributed by atoms with E-state index in [4.69, 9.17) is 18.9 Å². The highest BCUT2D eigenvalue weighted by Crippen LogP contribution is 2.24. The molecular weight excluding hydrogens is 640 g/mol. The number of ether oxygens (including phenoxy) is 4. The van der Waals surface area contributed by atoms with E-state index < -0.39 is 16.8 Å². The minimum Gasteiger partial charge on any atom is -0.445 e. The van der Waals surface area contributed by atoms with E-state index in [9.17, 15) is 19.2 Å². The van der Waals surface area contributed by atoms with Gasteiger partial charge in [-0.3, -0.25) is 0 Å². The fraction of sp³-hybridized carbons (Fsp3) is 0.737. The van der Waals surface area contributed by atoms with Crippen LogP contribution in [-0.2, 0) is 25.6 Å². The Morgan fingerprint density at radius 1 is 0.620 bits per heavy atom. The molecule has 0 bridgehead atoms. The van der Waals surface area contributed by atoms with Crippen LogP contribution in [-0.4, -0.2) is 113 Å². The van der Waals surface area contributed by atoms with Crippen LogP contribution in [0.5, 0.6) is 0 Å². The number of nitrogens with zero attached hydrogens (tertiary/aromatic N) is 4. The number of amides is 4. The summed E-state index contributed by atoms with van der Waals surface area (Å²) in [5, 5.41) is 0. The number of carbonyl (C=O) groups excluding carboxylic acids is 4. The fourth-order valence-corrected chi connectivity index (χ4v) is 5.98. The number of hydrogen-bond donors (Lipinski definition) is 0. The maximum atomic E-state index is 13.4. The van der Waals surface area contributed by atoms with Gasteiger partial charge >= 0.3 is 24.4 Å². The van der Waals surface area contributed by atoms with Crippen molar-refractivity contribution in [1.29, 1.82) is 0 Å². The predicted molar refractivity (Wildman–Crippen MR) is 192 cm³/mol. The normalized spacial score (nSPS) is 16.4. The number of rotatable bonds is 10. The Morgan fingerprint density at radius 3 is 1.42 bits per heavy atom. The molecule has 1 aromatic rings. The highest BCUT2D eigenvalue weighted by molar-refractivity contribution is 5.70. The van der Waals surface area contributed by atoms with Crippen LogP contribution in [0, 0.1) is 11.8 Å². The standard InChI is InChI=1S/C38H62N4O8/c1-36(2,3)48-33(44)40-24-18-30(19-25-40)27-42(35(46)50-38(7,8)9)21-13-20-41(34(45)49-37(4,5)6)26-29-16-22-39(23-17-29)32(43)47-28-31-14-11-10-12-15-31/h10-12,14-15,29-30H,13,16-28H2,1-9H3. The lowest BCUT2D eigenvalue weighted by Crippen LogP contribution is -2.47. The average Bonchev–Trinajstić information content (AvgIpc) is 3.01. The van der Waals surface area contributed by atoms with Crippen LogP contribution in [0.25, 0.3) is 0 Å². The van der Waals surface area contributed by atoms with Gasteiger partial charge in [0.05, 0.1) is 0 Å². The third-order valence-electron chi connectivity index (χ3n) is 8.46. The topological polar surface area (TPSA) is 118 Å². The molecule has 0 aliphatic carbocycles. The van der Waals surface area contributed by atoms with Crippen molar-refractivity contribution in [3.63, 3.8) is 0 Å². The monoisotopic (exact) mass is 702 g/mol. The lowest BCUT2D eigenvalue weighted by Gasteiger charge is -2.37. The summed E-state index contributed by atoms with van der Waals surface area (Å²) in [4.78, 5) is 59.0. The lowest BCUT2D eigenvalue weighted by molar-refractivity contribution is 0.00777. The van der Waals surface area contributed by atoms with Gasteiger partial charge in [-0.1, -0.05) is 30.3 Å². The largest absolute Gasteiger partial charge is 0.445 e. The zero-order valence-corrected chi connectivity index (χ0v) is 32.0. The first-order chi connectivity index (χ1) is 23.3. The molecule has 12 nitrogen and oxygen atoms in total. The molecule has 2 fully saturated rings. The first kappa shape index (κ1) is 40.7. The summed E-state index contributed by atoms with van der Waals surface area (Å²) in [5.74, 6) is 0.394. The van der Waals surface area contributed by atoms with Gasteiger partial charge in [-0.25, -0.2) is 19.2 Å². The Balaban J connectivity index is 1.57. The Hall–Kier alpha value is -3.70. The summed E-state index contributed by atoms with van der Waals surface area (Å²) in [5.41, 5.74) is -0.918. The average molecular weight is 703 g/mol. The van der Waals surface area contributed by atoms with Crippen LogP contribution >= 0.6 is 0 Å². The minimum atomic E-state index is -0.655. The highest BCUT2D eigenvalue weighted by atomic mass is 16.6. The maximum Gasteiger partial charge on any atom is 0.410 e. The molecular formula is C38H62N4O8. The smallest absolute Gasteiger partial charge is 0.410 e. The molecule has 0 N–H and O–H groups in total. The Bertz CT molecular complexity index is 1240. The van der Waals surface area contributed by atoms with Gasteiger partial charge in [0.25, 0.3) is 0 Å². The molecule has 282 valence electrons. The van der Waals surface area contributed by atoms with Crippen LogP contribution < -0.4 is 0 Å². The van der Waals surface area contributed by atoms with Gasteiger partial charge in [-0.15, -0.1) is 0 Å². The Morgan fingerprint density at radius 2 is 1.02 bits per heavy atom. The minimum absolute atomic E-state index is 0.192. The lowest BCUT2D eigenvalue weighted by atomic mass is 9.96. The number of piperidine rings is 2. The van der Waals surface area contributed by atoms with Gasteiger partial charge in [0.2, 0.25) is 0 Å². The summed E-state index contributed by atoms with van der Waals surface area (Å²) in [6.07, 6.45) is 2.12. The summed E-state index contributed by atoms with van der Waals surface area (Å²) in [7, 11) is 0. The zero-order chi connectivity index (χ0) is 37.1. The molecule has 2 aliphatic heterocycles. The van der Waals surface area contributed by atoms with Gasteiger partial charge in [0, 0.05) is 52.4 Å². The van der Waals surface area contributed by atoms with Crippen LogP contribution in [0.2, 0.25) is 0 Å². The molecule has 0 radical (unpaired) electrons. The molecule has 0 atom stereocenters. The van der Waals surface area contributed by atoms with E-state index in [1.165, 1.54) is 0 Å². The first-order valence-electron chi connectivity index (χ1n) is 18.2. The number of likely N-dealkylation sites (tertiary alicyclic amines) is 2. The van der Waals surface area contributed by atoms with E-state index in [2.05, 4.69) is 0 Å². The molecule has 0 spiro atoms. The van der Waals surface area contributed by atoms with Crippen molar-refractivity contribution in [3.05, 3.63) is 35.9 Å². The second-order valence-corrected chi connectivity index (χ2v) is 16.6. The second kappa shape index (κ2) is 18.0. The maximum absolute atomic E-state index is 13.4. The SMILES string of the molecule is CC(C)(C)OC(=O)N1CCC(CN(CCCN(CC2CCN(C(=O)OCc3ccccc3)CC2)C(=O)OC(C)(C)C)C(=O)OC(C)(C)C)CC1. The van der Waals surface area contributed by atoms with Gasteiger partial charge in [0.1, 0.15) is 23.4 Å². The van der Waals surface area contributed by atoms with Crippen LogP contribution in [0.4, 0.5) is 19.2 Å². The van der Waals surface area contributed by atoms with Crippen LogP contribution in [0.3, 0.4) is 0 Å². The second-order valence-electron chi connectivity index (χ2n) is 16.6. The van der Waals surface area contributed by atoms with Gasteiger partial charge in [0.15, 0.2) is 0 Å².